The zero-order valence-electron chi connectivity index (χ0n) is 28.1. The minimum absolute atomic E-state index is 0.880. The smallest absolute Gasteiger partial charge is 0.135 e. The molecule has 0 saturated carbocycles. The van der Waals surface area contributed by atoms with Gasteiger partial charge in [-0.3, -0.25) is 0 Å². The van der Waals surface area contributed by atoms with Crippen LogP contribution in [0, 0.1) is 0 Å². The van der Waals surface area contributed by atoms with Crippen LogP contribution < -0.4 is 4.90 Å². The first-order chi connectivity index (χ1) is 25.8. The van der Waals surface area contributed by atoms with Gasteiger partial charge < -0.3 is 18.5 Å². The van der Waals surface area contributed by atoms with Crippen molar-refractivity contribution in [1.82, 2.24) is 9.13 Å². The Morgan fingerprint density at radius 2 is 0.865 bits per heavy atom. The molecule has 3 aromatic heterocycles. The number of hydrogen-bond acceptors (Lipinski definition) is 2. The van der Waals surface area contributed by atoms with E-state index in [-0.39, 0.29) is 0 Å². The predicted octanol–water partition coefficient (Wildman–Crippen LogP) is 13.2. The van der Waals surface area contributed by atoms with Gasteiger partial charge in [0.25, 0.3) is 0 Å². The minimum atomic E-state index is 0.880. The monoisotopic (exact) mass is 665 g/mol. The summed E-state index contributed by atoms with van der Waals surface area (Å²) in [5, 5.41) is 7.12. The van der Waals surface area contributed by atoms with E-state index in [1.54, 1.807) is 0 Å². The van der Waals surface area contributed by atoms with E-state index in [1.165, 1.54) is 38.1 Å². The molecule has 0 aliphatic heterocycles. The Balaban J connectivity index is 1.17. The van der Waals surface area contributed by atoms with E-state index in [9.17, 15) is 0 Å². The largest absolute Gasteiger partial charge is 0.456 e. The molecule has 8 aromatic carbocycles. The number of furan rings is 1. The summed E-state index contributed by atoms with van der Waals surface area (Å²) < 4.78 is 11.0. The van der Waals surface area contributed by atoms with Crippen molar-refractivity contribution in [2.75, 3.05) is 4.90 Å². The molecule has 0 fully saturated rings. The van der Waals surface area contributed by atoms with Crippen molar-refractivity contribution >= 4 is 82.6 Å². The Bertz CT molecular complexity index is 3080. The zero-order chi connectivity index (χ0) is 34.2. The van der Waals surface area contributed by atoms with Crippen molar-refractivity contribution in [2.24, 2.45) is 0 Å². The summed E-state index contributed by atoms with van der Waals surface area (Å²) in [6, 6.07) is 67.3. The zero-order valence-corrected chi connectivity index (χ0v) is 28.1. The van der Waals surface area contributed by atoms with Gasteiger partial charge in [0.2, 0.25) is 0 Å². The first-order valence-corrected chi connectivity index (χ1v) is 17.7. The van der Waals surface area contributed by atoms with E-state index >= 15 is 0 Å². The second-order valence-electron chi connectivity index (χ2n) is 13.4. The Kier molecular flexibility index (Phi) is 6.22. The highest BCUT2D eigenvalue weighted by Gasteiger charge is 2.22. The van der Waals surface area contributed by atoms with Crippen molar-refractivity contribution < 1.29 is 4.42 Å². The summed E-state index contributed by atoms with van der Waals surface area (Å²) >= 11 is 0. The summed E-state index contributed by atoms with van der Waals surface area (Å²) in [7, 11) is 0. The van der Waals surface area contributed by atoms with Crippen LogP contribution in [0.25, 0.3) is 76.9 Å². The third-order valence-electron chi connectivity index (χ3n) is 10.5. The molecular weight excluding hydrogens is 635 g/mol. The second kappa shape index (κ2) is 11.2. The number of anilines is 3. The van der Waals surface area contributed by atoms with E-state index in [2.05, 4.69) is 190 Å². The van der Waals surface area contributed by atoms with Crippen molar-refractivity contribution in [1.29, 1.82) is 0 Å². The van der Waals surface area contributed by atoms with Gasteiger partial charge in [0.15, 0.2) is 0 Å². The molecule has 4 nitrogen and oxygen atoms in total. The van der Waals surface area contributed by atoms with Gasteiger partial charge in [-0.2, -0.15) is 0 Å². The summed E-state index contributed by atoms with van der Waals surface area (Å²) in [6.07, 6.45) is 0. The highest BCUT2D eigenvalue weighted by Crippen LogP contribution is 2.45. The van der Waals surface area contributed by atoms with Crippen LogP contribution in [0.4, 0.5) is 17.1 Å². The Morgan fingerprint density at radius 3 is 1.60 bits per heavy atom. The van der Waals surface area contributed by atoms with Gasteiger partial charge in [-0.05, 0) is 91.0 Å². The highest BCUT2D eigenvalue weighted by atomic mass is 16.3. The Hall–Kier alpha value is -7.04. The lowest BCUT2D eigenvalue weighted by Crippen LogP contribution is -2.10. The first-order valence-electron chi connectivity index (χ1n) is 17.7. The van der Waals surface area contributed by atoms with Gasteiger partial charge in [-0.1, -0.05) is 97.1 Å². The molecule has 0 saturated heterocycles. The molecule has 0 amide bonds. The molecule has 0 aliphatic rings. The van der Waals surface area contributed by atoms with E-state index in [0.717, 1.165) is 55.9 Å². The maximum atomic E-state index is 6.28. The molecule has 0 spiro atoms. The van der Waals surface area contributed by atoms with Crippen LogP contribution in [0.2, 0.25) is 0 Å². The van der Waals surface area contributed by atoms with Gasteiger partial charge in [0.1, 0.15) is 11.2 Å². The highest BCUT2D eigenvalue weighted by molar-refractivity contribution is 6.17. The van der Waals surface area contributed by atoms with Gasteiger partial charge in [-0.15, -0.1) is 0 Å². The molecule has 0 atom stereocenters. The van der Waals surface area contributed by atoms with E-state index < -0.39 is 0 Å². The average Bonchev–Trinajstić information content (AvgIpc) is 3.87. The quantitative estimate of drug-likeness (QED) is 0.183. The second-order valence-corrected chi connectivity index (χ2v) is 13.4. The third kappa shape index (κ3) is 4.21. The summed E-state index contributed by atoms with van der Waals surface area (Å²) in [5.41, 5.74) is 12.0. The standard InChI is InChI=1S/C48H31N3O/c1-2-13-32(14-3-1)51-43-21-10-6-18-39(43)48-44(22-12-23-45(48)51)49(35-29-30-47-40(31-35)38-17-7-11-24-46(38)52-47)33-25-27-34(28-26-33)50-41-19-8-4-15-36(41)37-16-5-9-20-42(37)50/h1-31H. The molecule has 0 N–H and O–H groups in total. The fraction of sp³-hybridized carbons (Fsp3) is 0. The Morgan fingerprint density at radius 1 is 0.346 bits per heavy atom. The van der Waals surface area contributed by atoms with Crippen LogP contribution in [0.1, 0.15) is 0 Å². The molecule has 0 bridgehead atoms. The SMILES string of the molecule is c1ccc(-n2c3ccccc3c3c(N(c4ccc(-n5c6ccccc6c6ccccc65)cc4)c4ccc5oc6ccccc6c5c4)cccc32)cc1. The number of nitrogens with zero attached hydrogens (tertiary/aromatic N) is 3. The minimum Gasteiger partial charge on any atom is -0.456 e. The average molecular weight is 666 g/mol. The van der Waals surface area contributed by atoms with E-state index in [1.807, 2.05) is 12.1 Å². The van der Waals surface area contributed by atoms with Gasteiger partial charge in [0, 0.05) is 55.1 Å². The van der Waals surface area contributed by atoms with Crippen LogP contribution in [0.3, 0.4) is 0 Å². The van der Waals surface area contributed by atoms with Crippen molar-refractivity contribution in [3.63, 3.8) is 0 Å². The van der Waals surface area contributed by atoms with Crippen molar-refractivity contribution in [3.05, 3.63) is 188 Å². The fourth-order valence-corrected chi connectivity index (χ4v) is 8.27. The molecule has 244 valence electrons. The molecule has 0 radical (unpaired) electrons. The lowest BCUT2D eigenvalue weighted by atomic mass is 10.1. The molecule has 52 heavy (non-hydrogen) atoms. The molecular formula is C48H31N3O. The fourth-order valence-electron chi connectivity index (χ4n) is 8.27. The number of aromatic nitrogens is 2. The number of benzene rings is 8. The molecule has 11 aromatic rings. The maximum absolute atomic E-state index is 6.28. The lowest BCUT2D eigenvalue weighted by Gasteiger charge is -2.27. The molecule has 0 aliphatic carbocycles. The Labute approximate surface area is 299 Å². The maximum Gasteiger partial charge on any atom is 0.135 e. The summed E-state index contributed by atoms with van der Waals surface area (Å²) in [6.45, 7) is 0. The summed E-state index contributed by atoms with van der Waals surface area (Å²) in [5.74, 6) is 0. The summed E-state index contributed by atoms with van der Waals surface area (Å²) in [4.78, 5) is 2.40. The number of hydrogen-bond donors (Lipinski definition) is 0. The number of rotatable bonds is 5. The topological polar surface area (TPSA) is 26.2 Å². The van der Waals surface area contributed by atoms with Crippen LogP contribution >= 0.6 is 0 Å². The van der Waals surface area contributed by atoms with Gasteiger partial charge >= 0.3 is 0 Å². The van der Waals surface area contributed by atoms with Gasteiger partial charge in [-0.25, -0.2) is 0 Å². The molecule has 3 heterocycles. The van der Waals surface area contributed by atoms with Crippen LogP contribution in [0.15, 0.2) is 192 Å². The number of para-hydroxylation sites is 5. The van der Waals surface area contributed by atoms with Crippen molar-refractivity contribution in [3.8, 4) is 11.4 Å². The van der Waals surface area contributed by atoms with Gasteiger partial charge in [0.05, 0.1) is 27.8 Å². The van der Waals surface area contributed by atoms with E-state index in [0.29, 0.717) is 0 Å². The van der Waals surface area contributed by atoms with Crippen LogP contribution in [-0.2, 0) is 0 Å². The first kappa shape index (κ1) is 28.8. The molecule has 11 rings (SSSR count). The van der Waals surface area contributed by atoms with Crippen LogP contribution in [-0.4, -0.2) is 9.13 Å². The van der Waals surface area contributed by atoms with Crippen LogP contribution in [0.5, 0.6) is 0 Å². The third-order valence-corrected chi connectivity index (χ3v) is 10.5. The molecule has 4 heteroatoms. The number of fused-ring (bicyclic) bond motifs is 9. The predicted molar refractivity (Wildman–Crippen MR) is 217 cm³/mol. The molecule has 0 unspecified atom stereocenters. The van der Waals surface area contributed by atoms with E-state index in [4.69, 9.17) is 4.42 Å². The lowest BCUT2D eigenvalue weighted by molar-refractivity contribution is 0.669. The van der Waals surface area contributed by atoms with Crippen molar-refractivity contribution in [2.45, 2.75) is 0 Å². The normalized spacial score (nSPS) is 11.8.